The van der Waals surface area contributed by atoms with Gasteiger partial charge in [0, 0.05) is 33.3 Å². The first-order valence-electron chi connectivity index (χ1n) is 5.84. The van der Waals surface area contributed by atoms with Gasteiger partial charge in [-0.3, -0.25) is 4.79 Å². The van der Waals surface area contributed by atoms with E-state index in [9.17, 15) is 4.79 Å². The molecule has 1 saturated carbocycles. The van der Waals surface area contributed by atoms with E-state index in [-0.39, 0.29) is 5.91 Å². The van der Waals surface area contributed by atoms with Crippen molar-refractivity contribution in [2.45, 2.75) is 31.3 Å². The Bertz CT molecular complexity index is 231. The van der Waals surface area contributed by atoms with E-state index in [0.717, 1.165) is 51.9 Å². The molecule has 0 bridgehead atoms. The van der Waals surface area contributed by atoms with Gasteiger partial charge in [-0.05, 0) is 25.7 Å². The molecule has 86 valence electrons. The average molecular weight is 212 g/mol. The van der Waals surface area contributed by atoms with E-state index in [0.29, 0.717) is 0 Å². The number of ether oxygens (including phenoxy) is 1. The third kappa shape index (κ3) is 2.01. The Labute approximate surface area is 91.0 Å². The molecule has 0 aromatic heterocycles. The van der Waals surface area contributed by atoms with Crippen LogP contribution in [0.3, 0.4) is 0 Å². The number of rotatable bonds is 2. The second-order valence-electron chi connectivity index (χ2n) is 4.45. The minimum atomic E-state index is -0.489. The number of carbonyl (C=O) groups is 1. The van der Waals surface area contributed by atoms with Gasteiger partial charge in [-0.2, -0.15) is 0 Å². The summed E-state index contributed by atoms with van der Waals surface area (Å²) in [6.45, 7) is 3.46. The van der Waals surface area contributed by atoms with Crippen molar-refractivity contribution in [3.63, 3.8) is 0 Å². The Morgan fingerprint density at radius 2 is 1.87 bits per heavy atom. The van der Waals surface area contributed by atoms with Crippen LogP contribution in [0.25, 0.3) is 0 Å². The van der Waals surface area contributed by atoms with Gasteiger partial charge in [0.2, 0.25) is 0 Å². The van der Waals surface area contributed by atoms with Gasteiger partial charge in [-0.15, -0.1) is 0 Å². The van der Waals surface area contributed by atoms with E-state index in [4.69, 9.17) is 4.74 Å². The predicted molar refractivity (Wildman–Crippen MR) is 57.7 cm³/mol. The summed E-state index contributed by atoms with van der Waals surface area (Å²) in [7, 11) is 1.67. The largest absolute Gasteiger partial charge is 0.368 e. The van der Waals surface area contributed by atoms with Gasteiger partial charge < -0.3 is 15.0 Å². The molecule has 1 saturated heterocycles. The highest BCUT2D eigenvalue weighted by Crippen LogP contribution is 2.34. The fourth-order valence-corrected chi connectivity index (χ4v) is 2.61. The van der Waals surface area contributed by atoms with Crippen LogP contribution >= 0.6 is 0 Å². The summed E-state index contributed by atoms with van der Waals surface area (Å²) >= 11 is 0. The molecule has 0 aromatic rings. The zero-order valence-corrected chi connectivity index (χ0v) is 9.42. The first-order valence-corrected chi connectivity index (χ1v) is 5.84. The van der Waals surface area contributed by atoms with E-state index in [1.165, 1.54) is 0 Å². The Balaban J connectivity index is 2.03. The predicted octanol–water partition coefficient (Wildman–Crippen LogP) is 0.377. The molecule has 2 rings (SSSR count). The van der Waals surface area contributed by atoms with Gasteiger partial charge in [0.25, 0.3) is 5.91 Å². The first kappa shape index (κ1) is 10.9. The van der Waals surface area contributed by atoms with Crippen LogP contribution in [0.15, 0.2) is 0 Å². The van der Waals surface area contributed by atoms with Crippen molar-refractivity contribution in [1.29, 1.82) is 0 Å². The van der Waals surface area contributed by atoms with Gasteiger partial charge in [0.05, 0.1) is 0 Å². The van der Waals surface area contributed by atoms with Crippen LogP contribution in [-0.2, 0) is 9.53 Å². The van der Waals surface area contributed by atoms with Crippen molar-refractivity contribution in [1.82, 2.24) is 10.2 Å². The molecule has 0 unspecified atom stereocenters. The summed E-state index contributed by atoms with van der Waals surface area (Å²) < 4.78 is 5.50. The van der Waals surface area contributed by atoms with Crippen molar-refractivity contribution in [2.75, 3.05) is 33.3 Å². The highest BCUT2D eigenvalue weighted by atomic mass is 16.5. The highest BCUT2D eigenvalue weighted by molar-refractivity contribution is 5.85. The van der Waals surface area contributed by atoms with E-state index >= 15 is 0 Å². The molecule has 1 N–H and O–H groups in total. The molecule has 2 fully saturated rings. The average Bonchev–Trinajstić information content (AvgIpc) is 2.79. The second kappa shape index (κ2) is 4.49. The Morgan fingerprint density at radius 1 is 1.27 bits per heavy atom. The van der Waals surface area contributed by atoms with Gasteiger partial charge in [-0.25, -0.2) is 0 Å². The molecule has 0 spiro atoms. The van der Waals surface area contributed by atoms with E-state index in [2.05, 4.69) is 5.32 Å². The van der Waals surface area contributed by atoms with E-state index in [1.807, 2.05) is 4.90 Å². The molecule has 1 amide bonds. The molecule has 4 heteroatoms. The molecule has 0 atom stereocenters. The Hall–Kier alpha value is -0.610. The molecule has 1 aliphatic carbocycles. The smallest absolute Gasteiger partial charge is 0.254 e. The van der Waals surface area contributed by atoms with Crippen LogP contribution < -0.4 is 5.32 Å². The SMILES string of the molecule is COC1(C(=O)N2CCNCC2)CCCC1. The number of methoxy groups -OCH3 is 1. The van der Waals surface area contributed by atoms with Crippen LogP contribution in [0, 0.1) is 0 Å². The van der Waals surface area contributed by atoms with Crippen molar-refractivity contribution in [3.05, 3.63) is 0 Å². The topological polar surface area (TPSA) is 41.6 Å². The summed E-state index contributed by atoms with van der Waals surface area (Å²) in [5.41, 5.74) is -0.489. The number of nitrogens with zero attached hydrogens (tertiary/aromatic N) is 1. The maximum atomic E-state index is 12.3. The maximum absolute atomic E-state index is 12.3. The number of carbonyl (C=O) groups excluding carboxylic acids is 1. The molecule has 4 nitrogen and oxygen atoms in total. The van der Waals surface area contributed by atoms with Gasteiger partial charge >= 0.3 is 0 Å². The van der Waals surface area contributed by atoms with Crippen molar-refractivity contribution in [2.24, 2.45) is 0 Å². The maximum Gasteiger partial charge on any atom is 0.254 e. The summed E-state index contributed by atoms with van der Waals surface area (Å²) in [5.74, 6) is 0.212. The molecule has 2 aliphatic rings. The van der Waals surface area contributed by atoms with E-state index < -0.39 is 5.60 Å². The summed E-state index contributed by atoms with van der Waals surface area (Å²) in [6.07, 6.45) is 4.02. The van der Waals surface area contributed by atoms with Crippen molar-refractivity contribution in [3.8, 4) is 0 Å². The third-order valence-corrected chi connectivity index (χ3v) is 3.60. The van der Waals surface area contributed by atoms with Crippen LogP contribution in [0.2, 0.25) is 0 Å². The minimum Gasteiger partial charge on any atom is -0.368 e. The number of nitrogens with one attached hydrogen (secondary N) is 1. The number of hydrogen-bond acceptors (Lipinski definition) is 3. The lowest BCUT2D eigenvalue weighted by atomic mass is 10.00. The number of piperazine rings is 1. The van der Waals surface area contributed by atoms with Crippen LogP contribution in [0.1, 0.15) is 25.7 Å². The zero-order valence-electron chi connectivity index (χ0n) is 9.42. The Morgan fingerprint density at radius 3 is 2.40 bits per heavy atom. The molecule has 0 aromatic carbocycles. The van der Waals surface area contributed by atoms with Crippen molar-refractivity contribution >= 4 is 5.91 Å². The number of hydrogen-bond donors (Lipinski definition) is 1. The monoisotopic (exact) mass is 212 g/mol. The fraction of sp³-hybridized carbons (Fsp3) is 0.909. The van der Waals surface area contributed by atoms with Crippen molar-refractivity contribution < 1.29 is 9.53 Å². The lowest BCUT2D eigenvalue weighted by Gasteiger charge is -2.35. The second-order valence-corrected chi connectivity index (χ2v) is 4.45. The quantitative estimate of drug-likeness (QED) is 0.719. The highest BCUT2D eigenvalue weighted by Gasteiger charge is 2.43. The number of amides is 1. The van der Waals surface area contributed by atoms with Crippen LogP contribution in [-0.4, -0.2) is 49.7 Å². The van der Waals surface area contributed by atoms with Crippen LogP contribution in [0.4, 0.5) is 0 Å². The van der Waals surface area contributed by atoms with Gasteiger partial charge in [0.15, 0.2) is 0 Å². The van der Waals surface area contributed by atoms with Crippen LogP contribution in [0.5, 0.6) is 0 Å². The molecular weight excluding hydrogens is 192 g/mol. The van der Waals surface area contributed by atoms with E-state index in [1.54, 1.807) is 7.11 Å². The standard InChI is InChI=1S/C11H20N2O2/c1-15-11(4-2-3-5-11)10(14)13-8-6-12-7-9-13/h12H,2-9H2,1H3. The lowest BCUT2D eigenvalue weighted by molar-refractivity contribution is -0.155. The summed E-state index contributed by atoms with van der Waals surface area (Å²) in [4.78, 5) is 14.3. The Kier molecular flexibility index (Phi) is 3.26. The fourth-order valence-electron chi connectivity index (χ4n) is 2.61. The summed E-state index contributed by atoms with van der Waals surface area (Å²) in [5, 5.41) is 3.26. The zero-order chi connectivity index (χ0) is 10.7. The molecule has 15 heavy (non-hydrogen) atoms. The lowest BCUT2D eigenvalue weighted by Crippen LogP contribution is -2.54. The minimum absolute atomic E-state index is 0.212. The normalized spacial score (nSPS) is 25.5. The molecular formula is C11H20N2O2. The first-order chi connectivity index (χ1) is 7.28. The summed E-state index contributed by atoms with van der Waals surface area (Å²) in [6, 6.07) is 0. The van der Waals surface area contributed by atoms with Gasteiger partial charge in [-0.1, -0.05) is 0 Å². The molecule has 0 radical (unpaired) electrons. The van der Waals surface area contributed by atoms with Gasteiger partial charge in [0.1, 0.15) is 5.60 Å². The molecule has 1 aliphatic heterocycles. The molecule has 1 heterocycles. The third-order valence-electron chi connectivity index (χ3n) is 3.60.